The van der Waals surface area contributed by atoms with E-state index in [1.165, 1.54) is 31.2 Å². The maximum Gasteiger partial charge on any atom is 0.105 e. The minimum atomic E-state index is 0.111. The first-order valence-corrected chi connectivity index (χ1v) is 6.59. The molecule has 2 rings (SSSR count). The number of nitrogens with two attached hydrogens (primary N) is 1. The van der Waals surface area contributed by atoms with E-state index < -0.39 is 0 Å². The molecule has 1 aromatic heterocycles. The maximum atomic E-state index is 6.37. The fraction of sp³-hybridized carbons (Fsp3) is 0.714. The summed E-state index contributed by atoms with van der Waals surface area (Å²) in [5.74, 6) is 1.03. The SMILES string of the molecule is Cc1occc1CN(C)CCC1(N)CCCC1. The predicted molar refractivity (Wildman–Crippen MR) is 69.8 cm³/mol. The number of hydrogen-bond acceptors (Lipinski definition) is 3. The van der Waals surface area contributed by atoms with Crippen molar-refractivity contribution in [2.75, 3.05) is 13.6 Å². The smallest absolute Gasteiger partial charge is 0.105 e. The van der Waals surface area contributed by atoms with E-state index in [-0.39, 0.29) is 5.54 Å². The second kappa shape index (κ2) is 5.23. The molecule has 3 nitrogen and oxygen atoms in total. The van der Waals surface area contributed by atoms with Crippen LogP contribution in [-0.2, 0) is 6.54 Å². The van der Waals surface area contributed by atoms with Crippen LogP contribution in [0.15, 0.2) is 16.7 Å². The van der Waals surface area contributed by atoms with Crippen molar-refractivity contribution in [3.8, 4) is 0 Å². The monoisotopic (exact) mass is 236 g/mol. The van der Waals surface area contributed by atoms with E-state index in [2.05, 4.69) is 18.0 Å². The van der Waals surface area contributed by atoms with Crippen molar-refractivity contribution in [1.82, 2.24) is 4.90 Å². The van der Waals surface area contributed by atoms with Crippen molar-refractivity contribution in [1.29, 1.82) is 0 Å². The average molecular weight is 236 g/mol. The summed E-state index contributed by atoms with van der Waals surface area (Å²) in [5.41, 5.74) is 7.76. The molecule has 0 spiro atoms. The molecule has 0 saturated heterocycles. The molecular weight excluding hydrogens is 212 g/mol. The van der Waals surface area contributed by atoms with Crippen LogP contribution in [0.1, 0.15) is 43.4 Å². The van der Waals surface area contributed by atoms with Gasteiger partial charge >= 0.3 is 0 Å². The highest BCUT2D eigenvalue weighted by molar-refractivity contribution is 5.14. The molecule has 17 heavy (non-hydrogen) atoms. The number of nitrogens with zero attached hydrogens (tertiary/aromatic N) is 1. The largest absolute Gasteiger partial charge is 0.469 e. The molecule has 1 aliphatic rings. The molecule has 0 atom stereocenters. The Balaban J connectivity index is 1.78. The second-order valence-corrected chi connectivity index (χ2v) is 5.56. The van der Waals surface area contributed by atoms with Crippen molar-refractivity contribution < 1.29 is 4.42 Å². The number of hydrogen-bond donors (Lipinski definition) is 1. The van der Waals surface area contributed by atoms with Gasteiger partial charge in [0.15, 0.2) is 0 Å². The van der Waals surface area contributed by atoms with Gasteiger partial charge < -0.3 is 15.1 Å². The highest BCUT2D eigenvalue weighted by atomic mass is 16.3. The first-order chi connectivity index (χ1) is 8.09. The Morgan fingerprint density at radius 1 is 1.41 bits per heavy atom. The maximum absolute atomic E-state index is 6.37. The molecule has 0 amide bonds. The molecule has 0 aromatic carbocycles. The van der Waals surface area contributed by atoms with Gasteiger partial charge in [0.2, 0.25) is 0 Å². The van der Waals surface area contributed by atoms with Crippen molar-refractivity contribution in [2.45, 2.75) is 51.1 Å². The van der Waals surface area contributed by atoms with Crippen LogP contribution in [0, 0.1) is 6.92 Å². The third kappa shape index (κ3) is 3.33. The third-order valence-corrected chi connectivity index (χ3v) is 4.00. The van der Waals surface area contributed by atoms with Gasteiger partial charge in [0.1, 0.15) is 5.76 Å². The Kier molecular flexibility index (Phi) is 3.89. The summed E-state index contributed by atoms with van der Waals surface area (Å²) in [5, 5.41) is 0. The molecule has 0 radical (unpaired) electrons. The van der Waals surface area contributed by atoms with Crippen LogP contribution in [-0.4, -0.2) is 24.0 Å². The van der Waals surface area contributed by atoms with Crippen LogP contribution >= 0.6 is 0 Å². The zero-order valence-electron chi connectivity index (χ0n) is 11.0. The summed E-state index contributed by atoms with van der Waals surface area (Å²) in [6.07, 6.45) is 7.89. The molecule has 0 unspecified atom stereocenters. The highest BCUT2D eigenvalue weighted by Gasteiger charge is 2.28. The lowest BCUT2D eigenvalue weighted by molar-refractivity contribution is 0.272. The summed E-state index contributed by atoms with van der Waals surface area (Å²) in [4.78, 5) is 2.34. The number of rotatable bonds is 5. The summed E-state index contributed by atoms with van der Waals surface area (Å²) >= 11 is 0. The molecule has 1 aliphatic carbocycles. The molecule has 3 heteroatoms. The summed E-state index contributed by atoms with van der Waals surface area (Å²) < 4.78 is 5.31. The Labute approximate surface area is 104 Å². The number of furan rings is 1. The van der Waals surface area contributed by atoms with Gasteiger partial charge in [-0.25, -0.2) is 0 Å². The van der Waals surface area contributed by atoms with Gasteiger partial charge in [-0.05, 0) is 45.8 Å². The molecule has 2 N–H and O–H groups in total. The molecule has 1 saturated carbocycles. The molecule has 0 aliphatic heterocycles. The Morgan fingerprint density at radius 3 is 2.71 bits per heavy atom. The Bertz CT molecular complexity index is 353. The van der Waals surface area contributed by atoms with Crippen molar-refractivity contribution in [3.63, 3.8) is 0 Å². The van der Waals surface area contributed by atoms with Gasteiger partial charge in [-0.3, -0.25) is 0 Å². The zero-order valence-corrected chi connectivity index (χ0v) is 11.0. The summed E-state index contributed by atoms with van der Waals surface area (Å²) in [6, 6.07) is 2.06. The average Bonchev–Trinajstić information content (AvgIpc) is 2.87. The fourth-order valence-electron chi connectivity index (χ4n) is 2.69. The topological polar surface area (TPSA) is 42.4 Å². The van der Waals surface area contributed by atoms with Crippen LogP contribution in [0.3, 0.4) is 0 Å². The minimum absolute atomic E-state index is 0.111. The summed E-state index contributed by atoms with van der Waals surface area (Å²) in [7, 11) is 2.16. The van der Waals surface area contributed by atoms with E-state index in [4.69, 9.17) is 10.2 Å². The van der Waals surface area contributed by atoms with E-state index in [0.29, 0.717) is 0 Å². The third-order valence-electron chi connectivity index (χ3n) is 4.00. The van der Waals surface area contributed by atoms with Gasteiger partial charge in [0.05, 0.1) is 6.26 Å². The first-order valence-electron chi connectivity index (χ1n) is 6.59. The van der Waals surface area contributed by atoms with Crippen LogP contribution in [0.5, 0.6) is 0 Å². The van der Waals surface area contributed by atoms with E-state index in [0.717, 1.165) is 25.3 Å². The number of aryl methyl sites for hydroxylation is 1. The predicted octanol–water partition coefficient (Wildman–Crippen LogP) is 2.68. The molecular formula is C14H24N2O. The van der Waals surface area contributed by atoms with E-state index in [1.54, 1.807) is 6.26 Å². The van der Waals surface area contributed by atoms with Gasteiger partial charge in [-0.15, -0.1) is 0 Å². The van der Waals surface area contributed by atoms with Crippen molar-refractivity contribution >= 4 is 0 Å². The first kappa shape index (κ1) is 12.7. The molecule has 0 bridgehead atoms. The van der Waals surface area contributed by atoms with Crippen LogP contribution < -0.4 is 5.73 Å². The van der Waals surface area contributed by atoms with Gasteiger partial charge in [0.25, 0.3) is 0 Å². The van der Waals surface area contributed by atoms with Gasteiger partial charge in [0, 0.05) is 17.6 Å². The fourth-order valence-corrected chi connectivity index (χ4v) is 2.69. The second-order valence-electron chi connectivity index (χ2n) is 5.56. The van der Waals surface area contributed by atoms with E-state index in [1.807, 2.05) is 6.92 Å². The standard InChI is InChI=1S/C14H24N2O/c1-12-13(5-10-17-12)11-16(2)9-8-14(15)6-3-4-7-14/h5,10H,3-4,6-9,11,15H2,1-2H3. The summed E-state index contributed by atoms with van der Waals surface area (Å²) in [6.45, 7) is 4.05. The van der Waals surface area contributed by atoms with Crippen LogP contribution in [0.25, 0.3) is 0 Å². The van der Waals surface area contributed by atoms with Crippen molar-refractivity contribution in [3.05, 3.63) is 23.7 Å². The molecule has 96 valence electrons. The van der Waals surface area contributed by atoms with Gasteiger partial charge in [-0.1, -0.05) is 12.8 Å². The minimum Gasteiger partial charge on any atom is -0.469 e. The Morgan fingerprint density at radius 2 is 2.12 bits per heavy atom. The van der Waals surface area contributed by atoms with E-state index >= 15 is 0 Å². The normalized spacial score (nSPS) is 19.1. The molecule has 1 aromatic rings. The highest BCUT2D eigenvalue weighted by Crippen LogP contribution is 2.30. The van der Waals surface area contributed by atoms with Gasteiger partial charge in [-0.2, -0.15) is 0 Å². The lowest BCUT2D eigenvalue weighted by Gasteiger charge is -2.26. The zero-order chi connectivity index (χ0) is 12.3. The van der Waals surface area contributed by atoms with Crippen LogP contribution in [0.4, 0.5) is 0 Å². The Hall–Kier alpha value is -0.800. The van der Waals surface area contributed by atoms with Crippen molar-refractivity contribution in [2.24, 2.45) is 5.73 Å². The molecule has 1 fully saturated rings. The lowest BCUT2D eigenvalue weighted by atomic mass is 9.94. The van der Waals surface area contributed by atoms with E-state index in [9.17, 15) is 0 Å². The molecule has 1 heterocycles. The quantitative estimate of drug-likeness (QED) is 0.854. The van der Waals surface area contributed by atoms with Crippen LogP contribution in [0.2, 0.25) is 0 Å². The lowest BCUT2D eigenvalue weighted by Crippen LogP contribution is -2.39.